The highest BCUT2D eigenvalue weighted by Gasteiger charge is 2.21. The fourth-order valence-corrected chi connectivity index (χ4v) is 4.44. The molecule has 0 saturated carbocycles. The van der Waals surface area contributed by atoms with Crippen molar-refractivity contribution in [3.8, 4) is 11.1 Å². The Labute approximate surface area is 190 Å². The van der Waals surface area contributed by atoms with Gasteiger partial charge in [-0.1, -0.05) is 72.3 Å². The zero-order valence-electron chi connectivity index (χ0n) is 18.0. The van der Waals surface area contributed by atoms with Crippen LogP contribution in [0.3, 0.4) is 0 Å². The molecule has 3 aromatic carbocycles. The standard InChI is InChI=1S/C27H29ClN2O/c1-20-12-13-24(17-26(20)28)23-10-5-9-22(15-23)18-30-14-6-11-25(19-30)29-27(31)16-21-7-3-2-4-8-21/h2-5,7-10,12-13,15,17,25H,6,11,14,16,18-19H2,1H3,(H,29,31). The van der Waals surface area contributed by atoms with Gasteiger partial charge >= 0.3 is 0 Å². The molecular weight excluding hydrogens is 404 g/mol. The number of nitrogens with one attached hydrogen (secondary N) is 1. The van der Waals surface area contributed by atoms with Gasteiger partial charge in [0.1, 0.15) is 0 Å². The van der Waals surface area contributed by atoms with Crippen LogP contribution < -0.4 is 5.32 Å². The molecule has 1 heterocycles. The molecule has 0 bridgehead atoms. The van der Waals surface area contributed by atoms with Gasteiger partial charge in [-0.15, -0.1) is 0 Å². The summed E-state index contributed by atoms with van der Waals surface area (Å²) < 4.78 is 0. The Balaban J connectivity index is 1.36. The molecule has 0 spiro atoms. The van der Waals surface area contributed by atoms with Crippen LogP contribution in [0.5, 0.6) is 0 Å². The lowest BCUT2D eigenvalue weighted by Crippen LogP contribution is -2.47. The number of rotatable bonds is 6. The first-order valence-electron chi connectivity index (χ1n) is 11.0. The monoisotopic (exact) mass is 432 g/mol. The zero-order chi connectivity index (χ0) is 21.6. The van der Waals surface area contributed by atoms with Crippen molar-refractivity contribution < 1.29 is 4.79 Å². The minimum absolute atomic E-state index is 0.108. The second kappa shape index (κ2) is 10.1. The van der Waals surface area contributed by atoms with E-state index in [4.69, 9.17) is 11.6 Å². The van der Waals surface area contributed by atoms with E-state index in [0.717, 1.165) is 54.2 Å². The van der Waals surface area contributed by atoms with Gasteiger partial charge in [-0.2, -0.15) is 0 Å². The topological polar surface area (TPSA) is 32.3 Å². The third-order valence-electron chi connectivity index (χ3n) is 5.92. The Morgan fingerprint density at radius 3 is 2.58 bits per heavy atom. The molecule has 1 saturated heterocycles. The average Bonchev–Trinajstić information content (AvgIpc) is 2.77. The van der Waals surface area contributed by atoms with E-state index in [-0.39, 0.29) is 11.9 Å². The molecule has 4 rings (SSSR count). The van der Waals surface area contributed by atoms with Gasteiger partial charge in [0.25, 0.3) is 0 Å². The molecule has 1 aliphatic heterocycles. The van der Waals surface area contributed by atoms with E-state index in [0.29, 0.717) is 6.42 Å². The van der Waals surface area contributed by atoms with Crippen LogP contribution in [-0.4, -0.2) is 29.9 Å². The fourth-order valence-electron chi connectivity index (χ4n) is 4.26. The summed E-state index contributed by atoms with van der Waals surface area (Å²) in [4.78, 5) is 14.9. The number of carbonyl (C=O) groups is 1. The molecule has 0 radical (unpaired) electrons. The Hall–Kier alpha value is -2.62. The third kappa shape index (κ3) is 5.96. The third-order valence-corrected chi connectivity index (χ3v) is 6.32. The van der Waals surface area contributed by atoms with Crippen LogP contribution in [0.1, 0.15) is 29.5 Å². The summed E-state index contributed by atoms with van der Waals surface area (Å²) in [6.07, 6.45) is 2.58. The first-order chi connectivity index (χ1) is 15.1. The van der Waals surface area contributed by atoms with Crippen LogP contribution in [0, 0.1) is 6.92 Å². The van der Waals surface area contributed by atoms with Crippen molar-refractivity contribution in [2.75, 3.05) is 13.1 Å². The average molecular weight is 433 g/mol. The van der Waals surface area contributed by atoms with Crippen LogP contribution in [0.2, 0.25) is 5.02 Å². The fraction of sp³-hybridized carbons (Fsp3) is 0.296. The summed E-state index contributed by atoms with van der Waals surface area (Å²) in [5.74, 6) is 0.108. The number of hydrogen-bond donors (Lipinski definition) is 1. The van der Waals surface area contributed by atoms with Gasteiger partial charge in [0.15, 0.2) is 0 Å². The van der Waals surface area contributed by atoms with Crippen LogP contribution in [-0.2, 0) is 17.8 Å². The molecule has 4 heteroatoms. The zero-order valence-corrected chi connectivity index (χ0v) is 18.7. The van der Waals surface area contributed by atoms with E-state index in [1.165, 1.54) is 11.1 Å². The molecule has 1 amide bonds. The SMILES string of the molecule is Cc1ccc(-c2cccc(CN3CCCC(NC(=O)Cc4ccccc4)C3)c2)cc1Cl. The number of amides is 1. The van der Waals surface area contributed by atoms with Gasteiger partial charge in [-0.25, -0.2) is 0 Å². The van der Waals surface area contributed by atoms with E-state index < -0.39 is 0 Å². The van der Waals surface area contributed by atoms with E-state index in [1.54, 1.807) is 0 Å². The van der Waals surface area contributed by atoms with Crippen molar-refractivity contribution in [3.05, 3.63) is 94.5 Å². The maximum atomic E-state index is 12.5. The summed E-state index contributed by atoms with van der Waals surface area (Å²) in [5.41, 5.74) is 5.76. The summed E-state index contributed by atoms with van der Waals surface area (Å²) in [7, 11) is 0. The van der Waals surface area contributed by atoms with E-state index in [9.17, 15) is 4.79 Å². The van der Waals surface area contributed by atoms with Crippen molar-refractivity contribution >= 4 is 17.5 Å². The van der Waals surface area contributed by atoms with E-state index in [1.807, 2.05) is 43.3 Å². The number of halogens is 1. The number of piperidine rings is 1. The molecule has 1 atom stereocenters. The molecule has 3 nitrogen and oxygen atoms in total. The van der Waals surface area contributed by atoms with Crippen LogP contribution in [0.4, 0.5) is 0 Å². The van der Waals surface area contributed by atoms with Gasteiger partial charge in [0.2, 0.25) is 5.91 Å². The highest BCUT2D eigenvalue weighted by atomic mass is 35.5. The highest BCUT2D eigenvalue weighted by Crippen LogP contribution is 2.26. The second-order valence-electron chi connectivity index (χ2n) is 8.47. The minimum Gasteiger partial charge on any atom is -0.352 e. The maximum Gasteiger partial charge on any atom is 0.224 e. The molecular formula is C27H29ClN2O. The molecule has 1 aliphatic rings. The lowest BCUT2D eigenvalue weighted by molar-refractivity contribution is -0.121. The summed E-state index contributed by atoms with van der Waals surface area (Å²) in [5, 5.41) is 4.04. The van der Waals surface area contributed by atoms with Gasteiger partial charge < -0.3 is 5.32 Å². The van der Waals surface area contributed by atoms with E-state index >= 15 is 0 Å². The molecule has 1 fully saturated rings. The van der Waals surface area contributed by atoms with Crippen molar-refractivity contribution in [2.45, 2.75) is 38.8 Å². The second-order valence-corrected chi connectivity index (χ2v) is 8.88. The highest BCUT2D eigenvalue weighted by molar-refractivity contribution is 6.31. The first kappa shape index (κ1) is 21.6. The number of nitrogens with zero attached hydrogens (tertiary/aromatic N) is 1. The van der Waals surface area contributed by atoms with Gasteiger partial charge in [-0.05, 0) is 66.3 Å². The van der Waals surface area contributed by atoms with Crippen LogP contribution >= 0.6 is 11.6 Å². The number of aryl methyl sites for hydroxylation is 1. The van der Waals surface area contributed by atoms with Crippen LogP contribution in [0.25, 0.3) is 11.1 Å². The number of hydrogen-bond acceptors (Lipinski definition) is 2. The Morgan fingerprint density at radius 2 is 1.77 bits per heavy atom. The first-order valence-corrected chi connectivity index (χ1v) is 11.4. The Morgan fingerprint density at radius 1 is 1.00 bits per heavy atom. The molecule has 31 heavy (non-hydrogen) atoms. The van der Waals surface area contributed by atoms with Crippen molar-refractivity contribution in [1.82, 2.24) is 10.2 Å². The van der Waals surface area contributed by atoms with E-state index in [2.05, 4.69) is 46.6 Å². The number of likely N-dealkylation sites (tertiary alicyclic amines) is 1. The quantitative estimate of drug-likeness (QED) is 0.546. The van der Waals surface area contributed by atoms with Gasteiger partial charge in [-0.3, -0.25) is 9.69 Å². The summed E-state index contributed by atoms with van der Waals surface area (Å²) >= 11 is 6.32. The summed E-state index contributed by atoms with van der Waals surface area (Å²) in [6, 6.07) is 25.0. The lowest BCUT2D eigenvalue weighted by atomic mass is 10.0. The lowest BCUT2D eigenvalue weighted by Gasteiger charge is -2.33. The molecule has 1 unspecified atom stereocenters. The normalized spacial score (nSPS) is 16.8. The van der Waals surface area contributed by atoms with Crippen molar-refractivity contribution in [1.29, 1.82) is 0 Å². The van der Waals surface area contributed by atoms with Gasteiger partial charge in [0, 0.05) is 24.2 Å². The largest absolute Gasteiger partial charge is 0.352 e. The number of carbonyl (C=O) groups excluding carboxylic acids is 1. The smallest absolute Gasteiger partial charge is 0.224 e. The van der Waals surface area contributed by atoms with Crippen molar-refractivity contribution in [3.63, 3.8) is 0 Å². The Kier molecular flexibility index (Phi) is 7.06. The molecule has 1 N–H and O–H groups in total. The molecule has 0 aliphatic carbocycles. The maximum absolute atomic E-state index is 12.5. The summed E-state index contributed by atoms with van der Waals surface area (Å²) in [6.45, 7) is 4.86. The molecule has 0 aromatic heterocycles. The van der Waals surface area contributed by atoms with Crippen molar-refractivity contribution in [2.24, 2.45) is 0 Å². The molecule has 3 aromatic rings. The Bertz CT molecular complexity index is 1030. The molecule has 160 valence electrons. The minimum atomic E-state index is 0.108. The predicted molar refractivity (Wildman–Crippen MR) is 128 cm³/mol. The van der Waals surface area contributed by atoms with Crippen LogP contribution in [0.15, 0.2) is 72.8 Å². The van der Waals surface area contributed by atoms with Gasteiger partial charge in [0.05, 0.1) is 6.42 Å². The predicted octanol–water partition coefficient (Wildman–Crippen LogP) is 5.64. The number of benzene rings is 3.